The van der Waals surface area contributed by atoms with Crippen molar-refractivity contribution in [2.24, 2.45) is 0 Å². The number of benzene rings is 2. The van der Waals surface area contributed by atoms with Crippen molar-refractivity contribution in [3.63, 3.8) is 0 Å². The smallest absolute Gasteiger partial charge is 0.224 e. The Hall–Kier alpha value is -2.24. The highest BCUT2D eigenvalue weighted by molar-refractivity contribution is 6.30. The number of fused-ring (bicyclic) bond motifs is 2. The molecule has 5 nitrogen and oxygen atoms in total. The summed E-state index contributed by atoms with van der Waals surface area (Å²) in [5.74, 6) is 1.76. The van der Waals surface area contributed by atoms with Crippen LogP contribution in [0, 0.1) is 0 Å². The number of carbonyl (C=O) groups excluding carboxylic acids is 1. The Kier molecular flexibility index (Phi) is 6.49. The van der Waals surface area contributed by atoms with Crippen molar-refractivity contribution in [1.29, 1.82) is 0 Å². The van der Waals surface area contributed by atoms with Gasteiger partial charge in [-0.05, 0) is 49.4 Å². The molecule has 0 spiro atoms. The lowest BCUT2D eigenvalue weighted by Crippen LogP contribution is -2.50. The van der Waals surface area contributed by atoms with Gasteiger partial charge in [-0.15, -0.1) is 0 Å². The molecule has 160 valence electrons. The van der Waals surface area contributed by atoms with Gasteiger partial charge in [0, 0.05) is 41.3 Å². The zero-order chi connectivity index (χ0) is 21.1. The van der Waals surface area contributed by atoms with Crippen LogP contribution in [0.25, 0.3) is 0 Å². The second-order valence-electron chi connectivity index (χ2n) is 8.27. The summed E-state index contributed by atoms with van der Waals surface area (Å²) < 4.78 is 10.9. The first-order chi connectivity index (χ1) is 14.6. The maximum Gasteiger partial charge on any atom is 0.224 e. The second kappa shape index (κ2) is 9.27. The van der Waals surface area contributed by atoms with Crippen LogP contribution in [0.15, 0.2) is 42.5 Å². The van der Waals surface area contributed by atoms with E-state index in [9.17, 15) is 4.79 Å². The van der Waals surface area contributed by atoms with Crippen LogP contribution in [-0.4, -0.2) is 43.2 Å². The van der Waals surface area contributed by atoms with Crippen molar-refractivity contribution < 1.29 is 14.3 Å². The molecule has 2 atom stereocenters. The van der Waals surface area contributed by atoms with Gasteiger partial charge in [-0.2, -0.15) is 0 Å². The number of nitrogens with zero attached hydrogens (tertiary/aromatic N) is 1. The minimum absolute atomic E-state index is 0.0898. The van der Waals surface area contributed by atoms with Gasteiger partial charge in [-0.1, -0.05) is 29.8 Å². The third-order valence-corrected chi connectivity index (χ3v) is 6.63. The van der Waals surface area contributed by atoms with Crippen molar-refractivity contribution in [3.8, 4) is 11.5 Å². The number of hydrogen-bond acceptors (Lipinski definition) is 4. The van der Waals surface area contributed by atoms with E-state index < -0.39 is 0 Å². The number of rotatable bonds is 7. The molecule has 2 heterocycles. The lowest BCUT2D eigenvalue weighted by atomic mass is 9.96. The molecule has 1 amide bonds. The Morgan fingerprint density at radius 2 is 1.77 bits per heavy atom. The molecule has 2 aliphatic rings. The molecule has 2 aromatic carbocycles. The van der Waals surface area contributed by atoms with Gasteiger partial charge in [0.25, 0.3) is 0 Å². The van der Waals surface area contributed by atoms with Crippen LogP contribution in [-0.2, 0) is 17.8 Å². The van der Waals surface area contributed by atoms with Crippen molar-refractivity contribution in [2.45, 2.75) is 56.8 Å². The summed E-state index contributed by atoms with van der Waals surface area (Å²) in [6, 6.07) is 14.8. The number of nitrogens with one attached hydrogen (secondary N) is 1. The number of amides is 1. The third kappa shape index (κ3) is 4.73. The Balaban J connectivity index is 1.35. The van der Waals surface area contributed by atoms with Crippen LogP contribution in [0.5, 0.6) is 11.5 Å². The number of carbonyl (C=O) groups is 1. The minimum Gasteiger partial charge on any atom is -0.497 e. The van der Waals surface area contributed by atoms with Crippen LogP contribution < -0.4 is 14.8 Å². The summed E-state index contributed by atoms with van der Waals surface area (Å²) in [5, 5.41) is 3.96. The normalized spacial score (nSPS) is 23.2. The average molecular weight is 429 g/mol. The fourth-order valence-corrected chi connectivity index (χ4v) is 5.02. The monoisotopic (exact) mass is 428 g/mol. The quantitative estimate of drug-likeness (QED) is 0.717. The summed E-state index contributed by atoms with van der Waals surface area (Å²) in [7, 11) is 3.37. The molecule has 2 aromatic rings. The fraction of sp³-hybridized carbons (Fsp3) is 0.458. The van der Waals surface area contributed by atoms with Crippen molar-refractivity contribution >= 4 is 17.5 Å². The van der Waals surface area contributed by atoms with Crippen molar-refractivity contribution in [2.75, 3.05) is 14.2 Å². The highest BCUT2D eigenvalue weighted by atomic mass is 35.5. The first-order valence-corrected chi connectivity index (χ1v) is 10.9. The molecular weight excluding hydrogens is 400 g/mol. The van der Waals surface area contributed by atoms with Crippen LogP contribution >= 0.6 is 11.6 Å². The number of methoxy groups -OCH3 is 2. The van der Waals surface area contributed by atoms with Crippen LogP contribution in [0.4, 0.5) is 0 Å². The van der Waals surface area contributed by atoms with Crippen molar-refractivity contribution in [3.05, 3.63) is 58.6 Å². The van der Waals surface area contributed by atoms with E-state index in [0.29, 0.717) is 23.5 Å². The first kappa shape index (κ1) is 21.0. The zero-order valence-corrected chi connectivity index (χ0v) is 18.3. The Labute approximate surface area is 183 Å². The van der Waals surface area contributed by atoms with Gasteiger partial charge in [0.1, 0.15) is 11.5 Å². The summed E-state index contributed by atoms with van der Waals surface area (Å²) in [6.45, 7) is 0.869. The van der Waals surface area contributed by atoms with E-state index >= 15 is 0 Å². The number of hydrogen-bond donors (Lipinski definition) is 1. The molecule has 4 rings (SSSR count). The van der Waals surface area contributed by atoms with E-state index in [2.05, 4.69) is 16.3 Å². The SMILES string of the molecule is COc1ccc(CN2C3CCC2CC(NC(=O)Cc2ccc(Cl)cc2)C3)c(OC)c1. The van der Waals surface area contributed by atoms with Gasteiger partial charge < -0.3 is 14.8 Å². The molecule has 0 saturated carbocycles. The maximum absolute atomic E-state index is 12.5. The summed E-state index contributed by atoms with van der Waals surface area (Å²) in [6.07, 6.45) is 4.78. The molecule has 30 heavy (non-hydrogen) atoms. The van der Waals surface area contributed by atoms with E-state index in [1.165, 1.54) is 18.4 Å². The Morgan fingerprint density at radius 1 is 1.07 bits per heavy atom. The molecule has 0 aliphatic carbocycles. The van der Waals surface area contributed by atoms with Gasteiger partial charge in [-0.25, -0.2) is 0 Å². The predicted molar refractivity (Wildman–Crippen MR) is 118 cm³/mol. The largest absolute Gasteiger partial charge is 0.497 e. The minimum atomic E-state index is 0.0898. The standard InChI is InChI=1S/C24H29ClN2O3/c1-29-22-10-5-17(23(14-22)30-2)15-27-20-8-9-21(27)13-19(12-20)26-24(28)11-16-3-6-18(25)7-4-16/h3-7,10,14,19-21H,8-9,11-13,15H2,1-2H3,(H,26,28). The van der Waals surface area contributed by atoms with Gasteiger partial charge in [0.2, 0.25) is 5.91 Å². The summed E-state index contributed by atoms with van der Waals surface area (Å²) in [5.41, 5.74) is 2.17. The number of halogens is 1. The lowest BCUT2D eigenvalue weighted by molar-refractivity contribution is -0.121. The van der Waals surface area contributed by atoms with E-state index in [4.69, 9.17) is 21.1 Å². The average Bonchev–Trinajstić information content (AvgIpc) is 2.97. The molecule has 2 aliphatic heterocycles. The van der Waals surface area contributed by atoms with Gasteiger partial charge >= 0.3 is 0 Å². The van der Waals surface area contributed by atoms with Crippen LogP contribution in [0.2, 0.25) is 5.02 Å². The molecule has 2 bridgehead atoms. The predicted octanol–water partition coefficient (Wildman–Crippen LogP) is 4.21. The molecule has 0 radical (unpaired) electrons. The van der Waals surface area contributed by atoms with Crippen LogP contribution in [0.3, 0.4) is 0 Å². The van der Waals surface area contributed by atoms with E-state index in [1.54, 1.807) is 14.2 Å². The lowest BCUT2D eigenvalue weighted by Gasteiger charge is -2.39. The van der Waals surface area contributed by atoms with Crippen molar-refractivity contribution in [1.82, 2.24) is 10.2 Å². The summed E-state index contributed by atoms with van der Waals surface area (Å²) >= 11 is 5.93. The maximum atomic E-state index is 12.5. The highest BCUT2D eigenvalue weighted by Gasteiger charge is 2.41. The van der Waals surface area contributed by atoms with E-state index in [-0.39, 0.29) is 11.9 Å². The number of ether oxygens (including phenoxy) is 2. The molecule has 2 fully saturated rings. The van der Waals surface area contributed by atoms with Gasteiger partial charge in [0.15, 0.2) is 0 Å². The fourth-order valence-electron chi connectivity index (χ4n) is 4.90. The van der Waals surface area contributed by atoms with Gasteiger partial charge in [-0.3, -0.25) is 9.69 Å². The molecule has 1 N–H and O–H groups in total. The van der Waals surface area contributed by atoms with E-state index in [1.807, 2.05) is 36.4 Å². The number of piperidine rings is 1. The molecular formula is C24H29ClN2O3. The zero-order valence-electron chi connectivity index (χ0n) is 17.6. The second-order valence-corrected chi connectivity index (χ2v) is 8.71. The summed E-state index contributed by atoms with van der Waals surface area (Å²) in [4.78, 5) is 15.1. The Morgan fingerprint density at radius 3 is 2.40 bits per heavy atom. The highest BCUT2D eigenvalue weighted by Crippen LogP contribution is 2.38. The molecule has 0 aromatic heterocycles. The van der Waals surface area contributed by atoms with Gasteiger partial charge in [0.05, 0.1) is 20.6 Å². The molecule has 2 unspecified atom stereocenters. The Bertz CT molecular complexity index is 873. The van der Waals surface area contributed by atoms with Crippen LogP contribution in [0.1, 0.15) is 36.8 Å². The molecule has 6 heteroatoms. The third-order valence-electron chi connectivity index (χ3n) is 6.37. The molecule has 2 saturated heterocycles. The topological polar surface area (TPSA) is 50.8 Å². The first-order valence-electron chi connectivity index (χ1n) is 10.6. The van der Waals surface area contributed by atoms with E-state index in [0.717, 1.165) is 36.4 Å².